The number of hydrogen-bond donors (Lipinski definition) is 1. The van der Waals surface area contributed by atoms with Gasteiger partial charge in [-0.1, -0.05) is 12.1 Å². The van der Waals surface area contributed by atoms with E-state index in [1.165, 1.54) is 12.1 Å². The van der Waals surface area contributed by atoms with Crippen LogP contribution in [0.3, 0.4) is 0 Å². The number of ether oxygens (including phenoxy) is 1. The van der Waals surface area contributed by atoms with Crippen molar-refractivity contribution in [3.8, 4) is 16.9 Å². The molecule has 0 amide bonds. The van der Waals surface area contributed by atoms with Crippen LogP contribution in [0.5, 0.6) is 5.75 Å². The molecule has 0 radical (unpaired) electrons. The lowest BCUT2D eigenvalue weighted by Crippen LogP contribution is -2.01. The first-order chi connectivity index (χ1) is 8.69. The molecule has 0 fully saturated rings. The largest absolute Gasteiger partial charge is 0.435 e. The Morgan fingerprint density at radius 3 is 2.44 bits per heavy atom. The summed E-state index contributed by atoms with van der Waals surface area (Å²) < 4.78 is 28.3. The lowest BCUT2D eigenvalue weighted by Gasteiger charge is -2.07. The average molecular weight is 250 g/mol. The van der Waals surface area contributed by atoms with E-state index in [-0.39, 0.29) is 5.75 Å². The number of halogens is 2. The van der Waals surface area contributed by atoms with Crippen molar-refractivity contribution in [2.24, 2.45) is 0 Å². The fourth-order valence-electron chi connectivity index (χ4n) is 1.58. The molecule has 2 aromatic rings. The van der Waals surface area contributed by atoms with E-state index in [0.717, 1.165) is 16.9 Å². The Labute approximate surface area is 103 Å². The third kappa shape index (κ3) is 2.94. The molecule has 5 heteroatoms. The number of nitrogens with zero attached hydrogens (tertiary/aromatic N) is 1. The fourth-order valence-corrected chi connectivity index (χ4v) is 1.58. The van der Waals surface area contributed by atoms with Crippen LogP contribution in [0.1, 0.15) is 0 Å². The van der Waals surface area contributed by atoms with Crippen LogP contribution in [0.25, 0.3) is 11.1 Å². The molecule has 18 heavy (non-hydrogen) atoms. The lowest BCUT2D eigenvalue weighted by molar-refractivity contribution is -0.0498. The first-order valence-corrected chi connectivity index (χ1v) is 5.38. The van der Waals surface area contributed by atoms with Crippen LogP contribution in [0, 0.1) is 0 Å². The molecule has 0 spiro atoms. The molecule has 0 aliphatic carbocycles. The minimum Gasteiger partial charge on any atom is -0.435 e. The third-order valence-corrected chi connectivity index (χ3v) is 2.43. The summed E-state index contributed by atoms with van der Waals surface area (Å²) in [4.78, 5) is 4.11. The molecule has 3 nitrogen and oxygen atoms in total. The highest BCUT2D eigenvalue weighted by atomic mass is 19.3. The molecule has 1 N–H and O–H groups in total. The zero-order valence-electron chi connectivity index (χ0n) is 9.73. The number of aromatic nitrogens is 1. The minimum absolute atomic E-state index is 0.150. The summed E-state index contributed by atoms with van der Waals surface area (Å²) in [7, 11) is 1.78. The van der Waals surface area contributed by atoms with Crippen molar-refractivity contribution in [1.29, 1.82) is 0 Å². The minimum atomic E-state index is -2.80. The van der Waals surface area contributed by atoms with Crippen molar-refractivity contribution in [2.45, 2.75) is 6.61 Å². The first-order valence-electron chi connectivity index (χ1n) is 5.38. The van der Waals surface area contributed by atoms with Crippen LogP contribution >= 0.6 is 0 Å². The maximum atomic E-state index is 12.0. The molecular weight excluding hydrogens is 238 g/mol. The van der Waals surface area contributed by atoms with Gasteiger partial charge in [0.25, 0.3) is 0 Å². The maximum absolute atomic E-state index is 12.0. The normalized spacial score (nSPS) is 10.4. The standard InChI is InChI=1S/C13H12F2N2O/c1-16-12-8-10(6-7-17-12)9-2-4-11(5-3-9)18-13(14)15/h2-8,13H,1H3,(H,16,17). The zero-order chi connectivity index (χ0) is 13.0. The zero-order valence-corrected chi connectivity index (χ0v) is 9.73. The van der Waals surface area contributed by atoms with E-state index in [1.807, 2.05) is 12.1 Å². The summed E-state index contributed by atoms with van der Waals surface area (Å²) in [6.07, 6.45) is 1.69. The molecule has 0 bridgehead atoms. The molecule has 2 rings (SSSR count). The van der Waals surface area contributed by atoms with Gasteiger partial charge in [0, 0.05) is 13.2 Å². The molecule has 1 aromatic heterocycles. The molecular formula is C13H12F2N2O. The predicted octanol–water partition coefficient (Wildman–Crippen LogP) is 3.39. The molecule has 0 saturated heterocycles. The molecule has 0 aliphatic rings. The molecule has 1 heterocycles. The highest BCUT2D eigenvalue weighted by Gasteiger charge is 2.04. The van der Waals surface area contributed by atoms with Crippen molar-refractivity contribution < 1.29 is 13.5 Å². The molecule has 1 aromatic carbocycles. The highest BCUT2D eigenvalue weighted by molar-refractivity contribution is 5.66. The highest BCUT2D eigenvalue weighted by Crippen LogP contribution is 2.24. The van der Waals surface area contributed by atoms with Gasteiger partial charge in [-0.15, -0.1) is 0 Å². The van der Waals surface area contributed by atoms with Gasteiger partial charge in [0.05, 0.1) is 0 Å². The van der Waals surface area contributed by atoms with E-state index in [0.29, 0.717) is 0 Å². The number of nitrogens with one attached hydrogen (secondary N) is 1. The monoisotopic (exact) mass is 250 g/mol. The Morgan fingerprint density at radius 1 is 1.11 bits per heavy atom. The Kier molecular flexibility index (Phi) is 3.72. The van der Waals surface area contributed by atoms with E-state index >= 15 is 0 Å². The van der Waals surface area contributed by atoms with Crippen LogP contribution < -0.4 is 10.1 Å². The predicted molar refractivity (Wildman–Crippen MR) is 65.9 cm³/mol. The maximum Gasteiger partial charge on any atom is 0.387 e. The number of anilines is 1. The lowest BCUT2D eigenvalue weighted by atomic mass is 10.1. The number of rotatable bonds is 4. The van der Waals surface area contributed by atoms with E-state index in [1.54, 1.807) is 25.4 Å². The smallest absolute Gasteiger partial charge is 0.387 e. The number of pyridine rings is 1. The van der Waals surface area contributed by atoms with E-state index in [4.69, 9.17) is 0 Å². The number of alkyl halides is 2. The van der Waals surface area contributed by atoms with Crippen LogP contribution in [-0.4, -0.2) is 18.6 Å². The van der Waals surface area contributed by atoms with Gasteiger partial charge in [0.1, 0.15) is 11.6 Å². The summed E-state index contributed by atoms with van der Waals surface area (Å²) in [6.45, 7) is -2.80. The van der Waals surface area contributed by atoms with Gasteiger partial charge < -0.3 is 10.1 Å². The van der Waals surface area contributed by atoms with Gasteiger partial charge in [-0.25, -0.2) is 4.98 Å². The topological polar surface area (TPSA) is 34.1 Å². The summed E-state index contributed by atoms with van der Waals surface area (Å²) in [5, 5.41) is 2.94. The quantitative estimate of drug-likeness (QED) is 0.903. The molecule has 0 unspecified atom stereocenters. The summed E-state index contributed by atoms with van der Waals surface area (Å²) in [6, 6.07) is 10.2. The molecule has 0 atom stereocenters. The fraction of sp³-hybridized carbons (Fsp3) is 0.154. The Balaban J connectivity index is 2.22. The Hall–Kier alpha value is -2.17. The van der Waals surface area contributed by atoms with Crippen molar-refractivity contribution in [2.75, 3.05) is 12.4 Å². The summed E-state index contributed by atoms with van der Waals surface area (Å²) in [5.41, 5.74) is 1.87. The Bertz CT molecular complexity index is 515. The van der Waals surface area contributed by atoms with Crippen LogP contribution in [0.4, 0.5) is 14.6 Å². The van der Waals surface area contributed by atoms with E-state index in [9.17, 15) is 8.78 Å². The van der Waals surface area contributed by atoms with Crippen LogP contribution in [-0.2, 0) is 0 Å². The second kappa shape index (κ2) is 5.44. The molecule has 0 saturated carbocycles. The average Bonchev–Trinajstić information content (AvgIpc) is 2.39. The third-order valence-electron chi connectivity index (χ3n) is 2.43. The van der Waals surface area contributed by atoms with Gasteiger partial charge in [0.2, 0.25) is 0 Å². The van der Waals surface area contributed by atoms with Gasteiger partial charge in [0.15, 0.2) is 0 Å². The SMILES string of the molecule is CNc1cc(-c2ccc(OC(F)F)cc2)ccn1. The van der Waals surface area contributed by atoms with Crippen molar-refractivity contribution in [3.05, 3.63) is 42.6 Å². The number of benzene rings is 1. The summed E-state index contributed by atoms with van der Waals surface area (Å²) >= 11 is 0. The van der Waals surface area contributed by atoms with Gasteiger partial charge in [-0.05, 0) is 35.4 Å². The first kappa shape index (κ1) is 12.3. The second-order valence-corrected chi connectivity index (χ2v) is 3.58. The van der Waals surface area contributed by atoms with Gasteiger partial charge >= 0.3 is 6.61 Å². The van der Waals surface area contributed by atoms with Crippen LogP contribution in [0.2, 0.25) is 0 Å². The van der Waals surface area contributed by atoms with Crippen LogP contribution in [0.15, 0.2) is 42.6 Å². The van der Waals surface area contributed by atoms with E-state index in [2.05, 4.69) is 15.0 Å². The van der Waals surface area contributed by atoms with Gasteiger partial charge in [-0.2, -0.15) is 8.78 Å². The Morgan fingerprint density at radius 2 is 1.83 bits per heavy atom. The summed E-state index contributed by atoms with van der Waals surface area (Å²) in [5.74, 6) is 0.900. The van der Waals surface area contributed by atoms with Gasteiger partial charge in [-0.3, -0.25) is 0 Å². The number of hydrogen-bond acceptors (Lipinski definition) is 3. The van der Waals surface area contributed by atoms with E-state index < -0.39 is 6.61 Å². The van der Waals surface area contributed by atoms with Crippen molar-refractivity contribution in [1.82, 2.24) is 4.98 Å². The molecule has 94 valence electrons. The second-order valence-electron chi connectivity index (χ2n) is 3.58. The van der Waals surface area contributed by atoms with Crippen molar-refractivity contribution >= 4 is 5.82 Å². The van der Waals surface area contributed by atoms with Crippen molar-refractivity contribution in [3.63, 3.8) is 0 Å². The molecule has 0 aliphatic heterocycles.